The zero-order valence-corrected chi connectivity index (χ0v) is 11.6. The fourth-order valence-electron chi connectivity index (χ4n) is 2.34. The smallest absolute Gasteiger partial charge is 0.235 e. The molecule has 6 heteroatoms. The number of nitrogens with zero attached hydrogens (tertiary/aromatic N) is 3. The van der Waals surface area contributed by atoms with Gasteiger partial charge in [-0.2, -0.15) is 5.10 Å². The molecule has 19 heavy (non-hydrogen) atoms. The zero-order valence-electron chi connectivity index (χ0n) is 10.8. The number of hydrogen-bond acceptors (Lipinski definition) is 4. The molecule has 1 aliphatic rings. The van der Waals surface area contributed by atoms with Crippen LogP contribution in [-0.4, -0.2) is 26.4 Å². The topological polar surface area (TPSA) is 59.8 Å². The standard InChI is InChI=1S/C13H14N4OS/c1-8-11-12(9-4-3-5-14-6-9)19-7-10(18)15-13(11)17(2)16-8/h3-6,12H,7H2,1-2H3,(H,15,18)/t12-/m0/s1. The van der Waals surface area contributed by atoms with Crippen molar-refractivity contribution in [3.05, 3.63) is 41.3 Å². The van der Waals surface area contributed by atoms with Gasteiger partial charge in [0.2, 0.25) is 5.91 Å². The number of aromatic nitrogens is 3. The van der Waals surface area contributed by atoms with E-state index in [0.717, 1.165) is 22.6 Å². The highest BCUT2D eigenvalue weighted by atomic mass is 32.2. The predicted molar refractivity (Wildman–Crippen MR) is 75.1 cm³/mol. The van der Waals surface area contributed by atoms with Crippen molar-refractivity contribution in [3.8, 4) is 0 Å². The van der Waals surface area contributed by atoms with Crippen LogP contribution >= 0.6 is 11.8 Å². The van der Waals surface area contributed by atoms with E-state index in [1.54, 1.807) is 22.6 Å². The van der Waals surface area contributed by atoms with Crippen LogP contribution in [0, 0.1) is 6.92 Å². The van der Waals surface area contributed by atoms with Crippen LogP contribution < -0.4 is 5.32 Å². The Kier molecular flexibility index (Phi) is 3.02. The van der Waals surface area contributed by atoms with Gasteiger partial charge in [-0.25, -0.2) is 0 Å². The summed E-state index contributed by atoms with van der Waals surface area (Å²) in [6.45, 7) is 1.97. The number of thioether (sulfide) groups is 1. The Bertz CT molecular complexity index is 623. The first-order chi connectivity index (χ1) is 9.16. The summed E-state index contributed by atoms with van der Waals surface area (Å²) in [5, 5.41) is 7.44. The lowest BCUT2D eigenvalue weighted by molar-refractivity contribution is -0.113. The van der Waals surface area contributed by atoms with Crippen LogP contribution in [0.25, 0.3) is 0 Å². The molecule has 1 aliphatic heterocycles. The van der Waals surface area contributed by atoms with Crippen LogP contribution in [-0.2, 0) is 11.8 Å². The first-order valence-corrected chi connectivity index (χ1v) is 7.06. The van der Waals surface area contributed by atoms with E-state index in [-0.39, 0.29) is 11.2 Å². The first kappa shape index (κ1) is 12.2. The van der Waals surface area contributed by atoms with Gasteiger partial charge in [0.15, 0.2) is 0 Å². The molecule has 2 aromatic rings. The molecule has 2 aromatic heterocycles. The lowest BCUT2D eigenvalue weighted by Crippen LogP contribution is -2.15. The number of hydrogen-bond donors (Lipinski definition) is 1. The van der Waals surface area contributed by atoms with E-state index in [1.165, 1.54) is 0 Å². The second-order valence-electron chi connectivity index (χ2n) is 4.50. The number of nitrogens with one attached hydrogen (secondary N) is 1. The van der Waals surface area contributed by atoms with Crippen molar-refractivity contribution in [2.45, 2.75) is 12.2 Å². The first-order valence-electron chi connectivity index (χ1n) is 6.01. The Hall–Kier alpha value is -1.82. The maximum Gasteiger partial charge on any atom is 0.235 e. The molecule has 0 radical (unpaired) electrons. The molecule has 0 bridgehead atoms. The molecule has 5 nitrogen and oxygen atoms in total. The minimum Gasteiger partial charge on any atom is -0.310 e. The summed E-state index contributed by atoms with van der Waals surface area (Å²) in [5.74, 6) is 1.25. The second-order valence-corrected chi connectivity index (χ2v) is 5.59. The Balaban J connectivity index is 2.15. The molecule has 1 N–H and O–H groups in total. The molecule has 3 heterocycles. The summed E-state index contributed by atoms with van der Waals surface area (Å²) < 4.78 is 1.73. The minimum absolute atomic E-state index is 0.0145. The minimum atomic E-state index is 0.0145. The van der Waals surface area contributed by atoms with E-state index in [0.29, 0.717) is 5.75 Å². The van der Waals surface area contributed by atoms with Gasteiger partial charge in [0.25, 0.3) is 0 Å². The van der Waals surface area contributed by atoms with Crippen LogP contribution in [0.1, 0.15) is 22.1 Å². The quantitative estimate of drug-likeness (QED) is 0.863. The molecule has 0 fully saturated rings. The molecule has 98 valence electrons. The number of aryl methyl sites for hydroxylation is 2. The Morgan fingerprint density at radius 2 is 2.37 bits per heavy atom. The molecule has 1 amide bonds. The van der Waals surface area contributed by atoms with Crippen molar-refractivity contribution < 1.29 is 4.79 Å². The molecular formula is C13H14N4OS. The van der Waals surface area contributed by atoms with Crippen molar-refractivity contribution in [1.29, 1.82) is 0 Å². The lowest BCUT2D eigenvalue weighted by Gasteiger charge is -2.14. The van der Waals surface area contributed by atoms with Crippen LogP contribution in [0.3, 0.4) is 0 Å². The highest BCUT2D eigenvalue weighted by Crippen LogP contribution is 2.42. The van der Waals surface area contributed by atoms with Crippen molar-refractivity contribution in [2.75, 3.05) is 11.1 Å². The van der Waals surface area contributed by atoms with Crippen molar-refractivity contribution >= 4 is 23.5 Å². The molecule has 0 aromatic carbocycles. The fourth-order valence-corrected chi connectivity index (χ4v) is 3.51. The summed E-state index contributed by atoms with van der Waals surface area (Å²) in [7, 11) is 1.85. The van der Waals surface area contributed by atoms with E-state index in [1.807, 2.05) is 32.3 Å². The average molecular weight is 274 g/mol. The Labute approximate surface area is 115 Å². The Morgan fingerprint density at radius 3 is 3.11 bits per heavy atom. The third-order valence-electron chi connectivity index (χ3n) is 3.16. The number of anilines is 1. The summed E-state index contributed by atoms with van der Waals surface area (Å²) in [5.41, 5.74) is 3.12. The van der Waals surface area contributed by atoms with Crippen LogP contribution in [0.4, 0.5) is 5.82 Å². The molecule has 0 unspecified atom stereocenters. The van der Waals surface area contributed by atoms with Gasteiger partial charge >= 0.3 is 0 Å². The summed E-state index contributed by atoms with van der Waals surface area (Å²) in [6.07, 6.45) is 3.61. The zero-order chi connectivity index (χ0) is 13.4. The molecule has 3 rings (SSSR count). The van der Waals surface area contributed by atoms with E-state index >= 15 is 0 Å². The molecule has 0 saturated heterocycles. The number of fused-ring (bicyclic) bond motifs is 1. The number of pyridine rings is 1. The van der Waals surface area contributed by atoms with E-state index in [4.69, 9.17) is 0 Å². The number of carbonyl (C=O) groups is 1. The van der Waals surface area contributed by atoms with Crippen molar-refractivity contribution in [3.63, 3.8) is 0 Å². The maximum atomic E-state index is 11.8. The van der Waals surface area contributed by atoms with E-state index in [9.17, 15) is 4.79 Å². The number of rotatable bonds is 1. The number of carbonyl (C=O) groups excluding carboxylic acids is 1. The second kappa shape index (κ2) is 4.70. The monoisotopic (exact) mass is 274 g/mol. The third kappa shape index (κ3) is 2.12. The van der Waals surface area contributed by atoms with Crippen molar-refractivity contribution in [1.82, 2.24) is 14.8 Å². The molecule has 1 atom stereocenters. The van der Waals surface area contributed by atoms with E-state index < -0.39 is 0 Å². The van der Waals surface area contributed by atoms with Gasteiger partial charge in [0, 0.05) is 25.0 Å². The third-order valence-corrected chi connectivity index (χ3v) is 4.43. The van der Waals surface area contributed by atoms with Gasteiger partial charge in [-0.05, 0) is 18.6 Å². The van der Waals surface area contributed by atoms with Gasteiger partial charge in [-0.15, -0.1) is 11.8 Å². The van der Waals surface area contributed by atoms with Crippen LogP contribution in [0.2, 0.25) is 0 Å². The van der Waals surface area contributed by atoms with Crippen LogP contribution in [0.5, 0.6) is 0 Å². The lowest BCUT2D eigenvalue weighted by atomic mass is 10.1. The predicted octanol–water partition coefficient (Wildman–Crippen LogP) is 1.90. The van der Waals surface area contributed by atoms with Gasteiger partial charge < -0.3 is 5.32 Å². The summed E-state index contributed by atoms with van der Waals surface area (Å²) in [6, 6.07) is 3.96. The largest absolute Gasteiger partial charge is 0.310 e. The number of amides is 1. The molecule has 0 aliphatic carbocycles. The van der Waals surface area contributed by atoms with Gasteiger partial charge in [0.1, 0.15) is 5.82 Å². The van der Waals surface area contributed by atoms with Gasteiger partial charge in [-0.3, -0.25) is 14.5 Å². The maximum absolute atomic E-state index is 11.8. The van der Waals surface area contributed by atoms with Gasteiger partial charge in [0.05, 0.1) is 16.7 Å². The normalized spacial score (nSPS) is 18.6. The summed E-state index contributed by atoms with van der Waals surface area (Å²) >= 11 is 1.61. The van der Waals surface area contributed by atoms with Crippen LogP contribution in [0.15, 0.2) is 24.5 Å². The fraction of sp³-hybridized carbons (Fsp3) is 0.308. The van der Waals surface area contributed by atoms with E-state index in [2.05, 4.69) is 15.4 Å². The van der Waals surface area contributed by atoms with Crippen molar-refractivity contribution in [2.24, 2.45) is 7.05 Å². The highest BCUT2D eigenvalue weighted by Gasteiger charge is 2.29. The SMILES string of the molecule is Cc1nn(C)c2c1[C@H](c1cccnc1)SCC(=O)N2. The molecule has 0 saturated carbocycles. The average Bonchev–Trinajstić information content (AvgIpc) is 2.60. The molecule has 0 spiro atoms. The highest BCUT2D eigenvalue weighted by molar-refractivity contribution is 8.00. The summed E-state index contributed by atoms with van der Waals surface area (Å²) in [4.78, 5) is 16.0. The Morgan fingerprint density at radius 1 is 1.53 bits per heavy atom. The van der Waals surface area contributed by atoms with Gasteiger partial charge in [-0.1, -0.05) is 6.07 Å². The molecular weight excluding hydrogens is 260 g/mol.